The molecule has 1 aliphatic rings. The van der Waals surface area contributed by atoms with Crippen molar-refractivity contribution in [3.05, 3.63) is 63.4 Å². The summed E-state index contributed by atoms with van der Waals surface area (Å²) in [5.74, 6) is -2.02. The Balaban J connectivity index is 1.74. The average molecular weight is 521 g/mol. The van der Waals surface area contributed by atoms with Crippen LogP contribution in [-0.4, -0.2) is 39.6 Å². The van der Waals surface area contributed by atoms with E-state index in [9.17, 15) is 18.8 Å². The van der Waals surface area contributed by atoms with Gasteiger partial charge in [0.1, 0.15) is 17.5 Å². The number of nitrogens with one attached hydrogen (secondary N) is 2. The molecule has 0 bridgehead atoms. The van der Waals surface area contributed by atoms with E-state index in [-0.39, 0.29) is 23.8 Å². The van der Waals surface area contributed by atoms with E-state index in [1.54, 1.807) is 45.0 Å². The van der Waals surface area contributed by atoms with E-state index in [4.69, 9.17) is 20.8 Å². The number of carbonyl (C=O) groups is 2. The number of H-pyrrole nitrogens is 1. The molecule has 35 heavy (non-hydrogen) atoms. The van der Waals surface area contributed by atoms with Gasteiger partial charge in [-0.3, -0.25) is 4.79 Å². The van der Waals surface area contributed by atoms with E-state index < -0.39 is 35.2 Å². The Morgan fingerprint density at radius 3 is 2.66 bits per heavy atom. The minimum Gasteiger partial charge on any atom is -0.444 e. The number of amides is 2. The molecule has 0 aliphatic carbocycles. The average Bonchev–Trinajstić information content (AvgIpc) is 3.16. The predicted octanol–water partition coefficient (Wildman–Crippen LogP) is 4.35. The molecule has 0 fully saturated rings. The van der Waals surface area contributed by atoms with Crippen LogP contribution in [0.25, 0.3) is 11.5 Å². The quantitative estimate of drug-likeness (QED) is 0.525. The predicted molar refractivity (Wildman–Crippen MR) is 129 cm³/mol. The number of ether oxygens (including phenoxy) is 1. The second kappa shape index (κ2) is 9.74. The van der Waals surface area contributed by atoms with Crippen molar-refractivity contribution >= 4 is 41.1 Å². The third-order valence-corrected chi connectivity index (χ3v) is 6.31. The fourth-order valence-electron chi connectivity index (χ4n) is 3.42. The van der Waals surface area contributed by atoms with Gasteiger partial charge in [-0.2, -0.15) is 0 Å². The summed E-state index contributed by atoms with van der Waals surface area (Å²) >= 11 is 7.21. The lowest BCUT2D eigenvalue weighted by atomic mass is 10.1. The summed E-state index contributed by atoms with van der Waals surface area (Å²) < 4.78 is 25.2. The summed E-state index contributed by atoms with van der Waals surface area (Å²) in [6.45, 7) is 5.27. The molecule has 0 spiro atoms. The monoisotopic (exact) mass is 520 g/mol. The number of thioether (sulfide) groups is 1. The van der Waals surface area contributed by atoms with Crippen molar-refractivity contribution in [2.24, 2.45) is 0 Å². The first-order chi connectivity index (χ1) is 16.5. The van der Waals surface area contributed by atoms with Crippen LogP contribution in [0.15, 0.2) is 50.5 Å². The minimum absolute atomic E-state index is 0.0878. The standard InChI is InChI=1S/C23H22ClFN4O5S/c1-23(2,3)34-21(31)26-16-11-35-18-9-15(25)14(19-27-28-22(32)33-19)8-17(18)29(20(16)30)10-12-4-6-13(24)7-5-12/h4-9,16H,10-11H2,1-3H3,(H,26,31)(H,28,32)/t16-/m0/s1. The lowest BCUT2D eigenvalue weighted by Gasteiger charge is -2.27. The van der Waals surface area contributed by atoms with Crippen molar-refractivity contribution in [1.29, 1.82) is 0 Å². The van der Waals surface area contributed by atoms with Crippen LogP contribution in [-0.2, 0) is 16.1 Å². The van der Waals surface area contributed by atoms with Crippen molar-refractivity contribution in [3.8, 4) is 11.5 Å². The lowest BCUT2D eigenvalue weighted by Crippen LogP contribution is -2.50. The number of benzene rings is 2. The molecule has 2 N–H and O–H groups in total. The van der Waals surface area contributed by atoms with E-state index in [1.807, 2.05) is 0 Å². The lowest BCUT2D eigenvalue weighted by molar-refractivity contribution is -0.120. The highest BCUT2D eigenvalue weighted by molar-refractivity contribution is 7.99. The van der Waals surface area contributed by atoms with E-state index >= 15 is 0 Å². The van der Waals surface area contributed by atoms with Gasteiger partial charge in [-0.25, -0.2) is 19.1 Å². The number of fused-ring (bicyclic) bond motifs is 1. The summed E-state index contributed by atoms with van der Waals surface area (Å²) in [5, 5.41) is 8.96. The van der Waals surface area contributed by atoms with Crippen LogP contribution in [0.3, 0.4) is 0 Å². The van der Waals surface area contributed by atoms with Gasteiger partial charge in [0.15, 0.2) is 0 Å². The van der Waals surface area contributed by atoms with Gasteiger partial charge in [0.05, 0.1) is 17.8 Å². The zero-order valence-electron chi connectivity index (χ0n) is 19.1. The zero-order chi connectivity index (χ0) is 25.3. The Labute approximate surface area is 209 Å². The molecule has 2 aromatic carbocycles. The van der Waals surface area contributed by atoms with Gasteiger partial charge in [0.25, 0.3) is 11.8 Å². The maximum Gasteiger partial charge on any atom is 0.434 e. The molecule has 0 saturated heterocycles. The van der Waals surface area contributed by atoms with Crippen molar-refractivity contribution in [1.82, 2.24) is 15.5 Å². The highest BCUT2D eigenvalue weighted by Gasteiger charge is 2.34. The molecule has 3 aromatic rings. The molecule has 0 radical (unpaired) electrons. The van der Waals surface area contributed by atoms with Gasteiger partial charge in [0, 0.05) is 15.7 Å². The summed E-state index contributed by atoms with van der Waals surface area (Å²) in [6, 6.07) is 8.63. The van der Waals surface area contributed by atoms with Crippen molar-refractivity contribution < 1.29 is 23.1 Å². The molecule has 1 aliphatic heterocycles. The molecule has 2 amide bonds. The van der Waals surface area contributed by atoms with Crippen molar-refractivity contribution in [3.63, 3.8) is 0 Å². The highest BCUT2D eigenvalue weighted by Crippen LogP contribution is 2.39. The van der Waals surface area contributed by atoms with E-state index in [0.29, 0.717) is 15.6 Å². The van der Waals surface area contributed by atoms with Crippen LogP contribution >= 0.6 is 23.4 Å². The first-order valence-corrected chi connectivity index (χ1v) is 11.9. The Morgan fingerprint density at radius 1 is 1.31 bits per heavy atom. The molecule has 4 rings (SSSR count). The van der Waals surface area contributed by atoms with Crippen LogP contribution in [0, 0.1) is 5.82 Å². The van der Waals surface area contributed by atoms with Crippen LogP contribution in [0.1, 0.15) is 26.3 Å². The summed E-state index contributed by atoms with van der Waals surface area (Å²) in [6.07, 6.45) is -0.737. The summed E-state index contributed by atoms with van der Waals surface area (Å²) in [5.41, 5.74) is 0.303. The highest BCUT2D eigenvalue weighted by atomic mass is 35.5. The molecular formula is C23H22ClFN4O5S. The number of aromatic nitrogens is 2. The number of rotatable bonds is 4. The number of halogens is 2. The largest absolute Gasteiger partial charge is 0.444 e. The molecule has 0 unspecified atom stereocenters. The van der Waals surface area contributed by atoms with Gasteiger partial charge >= 0.3 is 11.8 Å². The summed E-state index contributed by atoms with van der Waals surface area (Å²) in [7, 11) is 0. The van der Waals surface area contributed by atoms with Crippen molar-refractivity contribution in [2.75, 3.05) is 10.7 Å². The Morgan fingerprint density at radius 2 is 2.03 bits per heavy atom. The molecule has 9 nitrogen and oxygen atoms in total. The summed E-state index contributed by atoms with van der Waals surface area (Å²) in [4.78, 5) is 39.4. The minimum atomic E-state index is -0.940. The van der Waals surface area contributed by atoms with Gasteiger partial charge in [-0.1, -0.05) is 23.7 Å². The van der Waals surface area contributed by atoms with Gasteiger partial charge in [-0.15, -0.1) is 16.9 Å². The van der Waals surface area contributed by atoms with E-state index in [2.05, 4.69) is 15.5 Å². The topological polar surface area (TPSA) is 118 Å². The SMILES string of the molecule is CC(C)(C)OC(=O)N[C@H]1CSc2cc(F)c(-c3n[nH]c(=O)o3)cc2N(Cc2ccc(Cl)cc2)C1=O. The van der Waals surface area contributed by atoms with Gasteiger partial charge in [0.2, 0.25) is 0 Å². The van der Waals surface area contributed by atoms with Crippen LogP contribution in [0.5, 0.6) is 0 Å². The van der Waals surface area contributed by atoms with Crippen LogP contribution < -0.4 is 16.0 Å². The first-order valence-electron chi connectivity index (χ1n) is 10.6. The molecule has 2 heterocycles. The molecule has 0 saturated carbocycles. The Hall–Kier alpha value is -3.31. The maximum atomic E-state index is 15.0. The zero-order valence-corrected chi connectivity index (χ0v) is 20.6. The fraction of sp³-hybridized carbons (Fsp3) is 0.304. The number of aromatic amines is 1. The molecule has 1 atom stereocenters. The number of alkyl carbamates (subject to hydrolysis) is 1. The maximum absolute atomic E-state index is 15.0. The molecule has 184 valence electrons. The molecule has 12 heteroatoms. The molecule has 1 aromatic heterocycles. The van der Waals surface area contributed by atoms with Crippen molar-refractivity contribution in [2.45, 2.75) is 43.9 Å². The fourth-order valence-corrected chi connectivity index (χ4v) is 4.62. The van der Waals surface area contributed by atoms with Crippen LogP contribution in [0.4, 0.5) is 14.9 Å². The van der Waals surface area contributed by atoms with Crippen LogP contribution in [0.2, 0.25) is 5.02 Å². The number of carbonyl (C=O) groups excluding carboxylic acids is 2. The Bertz CT molecular complexity index is 1320. The number of anilines is 1. The third kappa shape index (κ3) is 5.85. The number of hydrogen-bond acceptors (Lipinski definition) is 7. The third-order valence-electron chi connectivity index (χ3n) is 4.92. The smallest absolute Gasteiger partial charge is 0.434 e. The van der Waals surface area contributed by atoms with Gasteiger partial charge < -0.3 is 19.4 Å². The first kappa shape index (κ1) is 24.8. The van der Waals surface area contributed by atoms with E-state index in [1.165, 1.54) is 28.8 Å². The second-order valence-electron chi connectivity index (χ2n) is 8.78. The number of hydrogen-bond donors (Lipinski definition) is 2. The van der Waals surface area contributed by atoms with E-state index in [0.717, 1.165) is 5.56 Å². The van der Waals surface area contributed by atoms with Gasteiger partial charge in [-0.05, 0) is 50.6 Å². The normalized spacial score (nSPS) is 16.0. The number of nitrogens with zero attached hydrogens (tertiary/aromatic N) is 2. The molecular weight excluding hydrogens is 499 g/mol. The second-order valence-corrected chi connectivity index (χ2v) is 10.3. The Kier molecular flexibility index (Phi) is 6.91.